The topological polar surface area (TPSA) is 76.6 Å². The number of methoxy groups -OCH3 is 2. The number of nitrogens with one attached hydrogen (secondary N) is 1. The molecule has 1 aliphatic heterocycles. The molecule has 1 N–H and O–H groups in total. The van der Waals surface area contributed by atoms with Gasteiger partial charge in [0.1, 0.15) is 17.3 Å². The van der Waals surface area contributed by atoms with Gasteiger partial charge in [-0.3, -0.25) is 4.79 Å². The van der Waals surface area contributed by atoms with Crippen molar-refractivity contribution in [2.45, 2.75) is 31.6 Å². The van der Waals surface area contributed by atoms with Crippen molar-refractivity contribution in [3.05, 3.63) is 40.8 Å². The second kappa shape index (κ2) is 7.66. The molecule has 1 aromatic heterocycles. The highest BCUT2D eigenvalue weighted by Crippen LogP contribution is 2.39. The van der Waals surface area contributed by atoms with Gasteiger partial charge in [-0.05, 0) is 43.4 Å². The van der Waals surface area contributed by atoms with E-state index in [0.717, 1.165) is 66.5 Å². The van der Waals surface area contributed by atoms with Crippen LogP contribution in [0.2, 0.25) is 0 Å². The maximum atomic E-state index is 12.3. The highest BCUT2D eigenvalue weighted by molar-refractivity contribution is 5.96. The van der Waals surface area contributed by atoms with Crippen LogP contribution in [-0.4, -0.2) is 50.2 Å². The molecule has 0 unspecified atom stereocenters. The second-order valence-corrected chi connectivity index (χ2v) is 7.37. The number of hydrogen-bond acceptors (Lipinski definition) is 6. The Hall–Kier alpha value is -2.83. The van der Waals surface area contributed by atoms with Crippen LogP contribution in [0.25, 0.3) is 0 Å². The summed E-state index contributed by atoms with van der Waals surface area (Å²) in [5.74, 6) is 3.48. The van der Waals surface area contributed by atoms with Gasteiger partial charge in [-0.1, -0.05) is 6.07 Å². The summed E-state index contributed by atoms with van der Waals surface area (Å²) >= 11 is 0. The summed E-state index contributed by atoms with van der Waals surface area (Å²) in [7, 11) is 5.31. The first kappa shape index (κ1) is 18.5. The van der Waals surface area contributed by atoms with Gasteiger partial charge >= 0.3 is 0 Å². The highest BCUT2D eigenvalue weighted by Gasteiger charge is 2.32. The third-order valence-electron chi connectivity index (χ3n) is 5.37. The maximum absolute atomic E-state index is 12.3. The van der Waals surface area contributed by atoms with Crippen molar-refractivity contribution in [1.29, 1.82) is 0 Å². The highest BCUT2D eigenvalue weighted by atomic mass is 16.5. The van der Waals surface area contributed by atoms with E-state index in [0.29, 0.717) is 18.2 Å². The molecule has 0 saturated heterocycles. The maximum Gasteiger partial charge on any atom is 0.270 e. The van der Waals surface area contributed by atoms with E-state index in [1.807, 2.05) is 25.2 Å². The predicted molar refractivity (Wildman–Crippen MR) is 107 cm³/mol. The summed E-state index contributed by atoms with van der Waals surface area (Å²) in [5.41, 5.74) is 2.67. The molecule has 1 amide bonds. The number of hydrogen-bond donors (Lipinski definition) is 1. The van der Waals surface area contributed by atoms with E-state index in [2.05, 4.69) is 15.2 Å². The fraction of sp³-hybridized carbons (Fsp3) is 0.476. The summed E-state index contributed by atoms with van der Waals surface area (Å²) in [6, 6.07) is 5.98. The molecule has 0 radical (unpaired) electrons. The number of likely N-dealkylation sites (N-methyl/N-ethyl adjacent to an activating group) is 1. The molecule has 1 aromatic carbocycles. The molecule has 1 saturated carbocycles. The molecule has 1 fully saturated rings. The largest absolute Gasteiger partial charge is 0.493 e. The number of ether oxygens (including phenoxy) is 2. The first-order valence-electron chi connectivity index (χ1n) is 9.71. The monoisotopic (exact) mass is 382 g/mol. The van der Waals surface area contributed by atoms with Crippen LogP contribution in [0.15, 0.2) is 18.2 Å². The minimum absolute atomic E-state index is 0.0832. The second-order valence-electron chi connectivity index (χ2n) is 7.37. The van der Waals surface area contributed by atoms with Gasteiger partial charge in [-0.2, -0.15) is 0 Å². The minimum atomic E-state index is -0.0832. The quantitative estimate of drug-likeness (QED) is 0.792. The van der Waals surface area contributed by atoms with Crippen LogP contribution < -0.4 is 19.7 Å². The van der Waals surface area contributed by atoms with Gasteiger partial charge in [0, 0.05) is 31.6 Å². The van der Waals surface area contributed by atoms with Crippen molar-refractivity contribution >= 4 is 11.7 Å². The zero-order valence-electron chi connectivity index (χ0n) is 16.6. The average Bonchev–Trinajstić information content (AvgIpc) is 3.57. The van der Waals surface area contributed by atoms with Crippen molar-refractivity contribution in [3.8, 4) is 11.5 Å². The van der Waals surface area contributed by atoms with Crippen molar-refractivity contribution < 1.29 is 14.3 Å². The number of amides is 1. The zero-order chi connectivity index (χ0) is 19.7. The number of benzene rings is 1. The standard InChI is InChI=1S/C21H26N4O3/c1-25(11-9-13-4-7-16(27-2)17(12-13)28-3)20-15-8-10-22-21(26)18(15)23-19(24-20)14-5-6-14/h4,7,12,14H,5-6,8-11H2,1-3H3,(H,22,26). The van der Waals surface area contributed by atoms with Gasteiger partial charge in [0.25, 0.3) is 5.91 Å². The zero-order valence-corrected chi connectivity index (χ0v) is 16.6. The van der Waals surface area contributed by atoms with Crippen LogP contribution in [0.1, 0.15) is 46.2 Å². The van der Waals surface area contributed by atoms with E-state index in [4.69, 9.17) is 14.5 Å². The molecule has 148 valence electrons. The average molecular weight is 382 g/mol. The van der Waals surface area contributed by atoms with E-state index >= 15 is 0 Å². The molecule has 0 spiro atoms. The molecule has 2 aromatic rings. The molecule has 7 heteroatoms. The van der Waals surface area contributed by atoms with E-state index in [-0.39, 0.29) is 5.91 Å². The molecule has 0 bridgehead atoms. The van der Waals surface area contributed by atoms with E-state index in [9.17, 15) is 4.79 Å². The lowest BCUT2D eigenvalue weighted by Gasteiger charge is -2.25. The molecular formula is C21H26N4O3. The number of fused-ring (bicyclic) bond motifs is 1. The fourth-order valence-corrected chi connectivity index (χ4v) is 3.57. The summed E-state index contributed by atoms with van der Waals surface area (Å²) in [4.78, 5) is 23.9. The molecule has 0 atom stereocenters. The van der Waals surface area contributed by atoms with Crippen molar-refractivity contribution in [3.63, 3.8) is 0 Å². The SMILES string of the molecule is COc1ccc(CCN(C)c2nc(C3CC3)nc3c2CCNC3=O)cc1OC. The Morgan fingerprint density at radius 3 is 2.68 bits per heavy atom. The number of anilines is 1. The molecule has 1 aliphatic carbocycles. The van der Waals surface area contributed by atoms with Gasteiger partial charge < -0.3 is 19.7 Å². The predicted octanol–water partition coefficient (Wildman–Crippen LogP) is 2.34. The van der Waals surface area contributed by atoms with Crippen LogP contribution in [0.3, 0.4) is 0 Å². The smallest absolute Gasteiger partial charge is 0.270 e. The van der Waals surface area contributed by atoms with Crippen LogP contribution in [-0.2, 0) is 12.8 Å². The number of rotatable bonds is 7. The first-order chi connectivity index (χ1) is 13.6. The van der Waals surface area contributed by atoms with E-state index < -0.39 is 0 Å². The van der Waals surface area contributed by atoms with E-state index in [1.54, 1.807) is 14.2 Å². The van der Waals surface area contributed by atoms with Crippen LogP contribution >= 0.6 is 0 Å². The van der Waals surface area contributed by atoms with Crippen molar-refractivity contribution in [2.75, 3.05) is 39.3 Å². The van der Waals surface area contributed by atoms with Gasteiger partial charge in [-0.15, -0.1) is 0 Å². The van der Waals surface area contributed by atoms with Gasteiger partial charge in [0.05, 0.1) is 14.2 Å². The Morgan fingerprint density at radius 2 is 1.96 bits per heavy atom. The number of carbonyl (C=O) groups excluding carboxylic acids is 1. The summed E-state index contributed by atoms with van der Waals surface area (Å²) in [6.07, 6.45) is 3.81. The van der Waals surface area contributed by atoms with Crippen LogP contribution in [0.5, 0.6) is 11.5 Å². The number of nitrogens with zero attached hydrogens (tertiary/aromatic N) is 3. The Labute approximate surface area is 165 Å². The Kier molecular flexibility index (Phi) is 5.07. The Morgan fingerprint density at radius 1 is 1.18 bits per heavy atom. The minimum Gasteiger partial charge on any atom is -0.493 e. The molecule has 2 heterocycles. The van der Waals surface area contributed by atoms with Gasteiger partial charge in [-0.25, -0.2) is 9.97 Å². The Balaban J connectivity index is 1.56. The normalized spacial score (nSPS) is 15.6. The first-order valence-corrected chi connectivity index (χ1v) is 9.71. The van der Waals surface area contributed by atoms with E-state index in [1.165, 1.54) is 0 Å². The molecule has 4 rings (SSSR count). The molecule has 7 nitrogen and oxygen atoms in total. The van der Waals surface area contributed by atoms with Gasteiger partial charge in [0.15, 0.2) is 11.5 Å². The molecular weight excluding hydrogens is 356 g/mol. The van der Waals surface area contributed by atoms with Gasteiger partial charge in [0.2, 0.25) is 0 Å². The van der Waals surface area contributed by atoms with Crippen LogP contribution in [0.4, 0.5) is 5.82 Å². The number of aromatic nitrogens is 2. The lowest BCUT2D eigenvalue weighted by atomic mass is 10.1. The third-order valence-corrected chi connectivity index (χ3v) is 5.37. The lowest BCUT2D eigenvalue weighted by molar-refractivity contribution is 0.0940. The summed E-state index contributed by atoms with van der Waals surface area (Å²) < 4.78 is 10.7. The van der Waals surface area contributed by atoms with Crippen LogP contribution in [0, 0.1) is 0 Å². The number of carbonyl (C=O) groups is 1. The molecule has 28 heavy (non-hydrogen) atoms. The molecule has 2 aliphatic rings. The Bertz CT molecular complexity index is 895. The van der Waals surface area contributed by atoms with Crippen molar-refractivity contribution in [1.82, 2.24) is 15.3 Å². The summed E-state index contributed by atoms with van der Waals surface area (Å²) in [6.45, 7) is 1.42. The lowest BCUT2D eigenvalue weighted by Crippen LogP contribution is -2.35. The van der Waals surface area contributed by atoms with Crippen molar-refractivity contribution in [2.24, 2.45) is 0 Å². The summed E-state index contributed by atoms with van der Waals surface area (Å²) in [5, 5.41) is 2.90. The third kappa shape index (κ3) is 3.61. The fourth-order valence-electron chi connectivity index (χ4n) is 3.57.